The Morgan fingerprint density at radius 2 is 1.78 bits per heavy atom. The fraction of sp³-hybridized carbons (Fsp3) is 0. The molecule has 0 unspecified atom stereocenters. The van der Waals surface area contributed by atoms with E-state index < -0.39 is 11.5 Å². The van der Waals surface area contributed by atoms with Crippen molar-refractivity contribution in [2.75, 3.05) is 0 Å². The van der Waals surface area contributed by atoms with Crippen molar-refractivity contribution in [1.29, 1.82) is 0 Å². The molecular weight excluding hydrogens is 298 g/mol. The maximum atomic E-state index is 11.9. The number of benzene rings is 1. The van der Waals surface area contributed by atoms with Crippen LogP contribution in [0.3, 0.4) is 0 Å². The number of carbonyl (C=O) groups is 1. The first kappa shape index (κ1) is 14.4. The van der Waals surface area contributed by atoms with E-state index in [4.69, 9.17) is 5.11 Å². The maximum Gasteiger partial charge on any atom is 0.337 e. The van der Waals surface area contributed by atoms with Crippen LogP contribution >= 0.6 is 0 Å². The van der Waals surface area contributed by atoms with Crippen LogP contribution in [0, 0.1) is 0 Å². The Morgan fingerprint density at radius 1 is 1.04 bits per heavy atom. The van der Waals surface area contributed by atoms with Gasteiger partial charge in [0.25, 0.3) is 5.56 Å². The lowest BCUT2D eigenvalue weighted by molar-refractivity contribution is 0.0698. The van der Waals surface area contributed by atoms with Crippen LogP contribution in [0.2, 0.25) is 0 Å². The molecule has 114 valence electrons. The third-order valence-electron chi connectivity index (χ3n) is 3.11. The molecule has 0 fully saturated rings. The summed E-state index contributed by atoms with van der Waals surface area (Å²) in [5.74, 6) is -1.11. The average molecular weight is 309 g/mol. The lowest BCUT2D eigenvalue weighted by Gasteiger charge is -1.99. The summed E-state index contributed by atoms with van der Waals surface area (Å²) in [4.78, 5) is 26.9. The van der Waals surface area contributed by atoms with Gasteiger partial charge < -0.3 is 5.11 Å². The van der Waals surface area contributed by atoms with E-state index in [9.17, 15) is 9.59 Å². The van der Waals surface area contributed by atoms with Crippen LogP contribution in [0.4, 0.5) is 11.4 Å². The van der Waals surface area contributed by atoms with E-state index in [0.29, 0.717) is 11.3 Å². The van der Waals surface area contributed by atoms with Crippen molar-refractivity contribution < 1.29 is 9.90 Å². The minimum atomic E-state index is -1.11. The molecule has 3 N–H and O–H groups in total. The van der Waals surface area contributed by atoms with Crippen molar-refractivity contribution in [2.24, 2.45) is 10.2 Å². The monoisotopic (exact) mass is 309 g/mol. The molecule has 3 rings (SSSR count). The molecule has 2 aromatic heterocycles. The predicted octanol–water partition coefficient (Wildman–Crippen LogP) is 2.88. The highest BCUT2D eigenvalue weighted by molar-refractivity contribution is 5.93. The van der Waals surface area contributed by atoms with E-state index >= 15 is 0 Å². The van der Waals surface area contributed by atoms with Gasteiger partial charge in [-0.25, -0.2) is 4.79 Å². The van der Waals surface area contributed by atoms with E-state index in [2.05, 4.69) is 25.4 Å². The van der Waals surface area contributed by atoms with Crippen molar-refractivity contribution in [3.63, 3.8) is 0 Å². The van der Waals surface area contributed by atoms with Gasteiger partial charge in [0.15, 0.2) is 5.69 Å². The third kappa shape index (κ3) is 2.91. The Kier molecular flexibility index (Phi) is 3.79. The number of azo groups is 1. The van der Waals surface area contributed by atoms with Gasteiger partial charge in [-0.3, -0.25) is 20.0 Å². The number of aromatic amines is 2. The number of carboxylic acid groups (broad SMARTS) is 1. The number of aromatic carboxylic acids is 1. The van der Waals surface area contributed by atoms with Crippen LogP contribution in [0.1, 0.15) is 10.4 Å². The van der Waals surface area contributed by atoms with Crippen LogP contribution in [0.15, 0.2) is 63.8 Å². The summed E-state index contributed by atoms with van der Waals surface area (Å²) in [6, 6.07) is 9.59. The number of pyridine rings is 1. The summed E-state index contributed by atoms with van der Waals surface area (Å²) in [6.45, 7) is 0. The van der Waals surface area contributed by atoms with Crippen LogP contribution in [0.25, 0.3) is 11.3 Å². The average Bonchev–Trinajstić information content (AvgIpc) is 2.94. The second kappa shape index (κ2) is 6.06. The molecule has 8 nitrogen and oxygen atoms in total. The zero-order valence-electron chi connectivity index (χ0n) is 11.7. The number of H-pyrrole nitrogens is 2. The highest BCUT2D eigenvalue weighted by atomic mass is 16.4. The summed E-state index contributed by atoms with van der Waals surface area (Å²) in [5.41, 5.74) is 0.951. The molecule has 0 atom stereocenters. The van der Waals surface area contributed by atoms with Crippen molar-refractivity contribution >= 4 is 17.3 Å². The zero-order chi connectivity index (χ0) is 16.2. The predicted molar refractivity (Wildman–Crippen MR) is 82.2 cm³/mol. The molecule has 0 spiro atoms. The molecule has 0 amide bonds. The largest absolute Gasteiger partial charge is 0.478 e. The van der Waals surface area contributed by atoms with Gasteiger partial charge in [-0.2, -0.15) is 0 Å². The molecule has 3 aromatic rings. The molecule has 0 saturated heterocycles. The van der Waals surface area contributed by atoms with Gasteiger partial charge in [0.2, 0.25) is 0 Å². The zero-order valence-corrected chi connectivity index (χ0v) is 11.7. The fourth-order valence-corrected chi connectivity index (χ4v) is 2.02. The molecule has 0 radical (unpaired) electrons. The van der Waals surface area contributed by atoms with Crippen molar-refractivity contribution in [3.05, 3.63) is 64.7 Å². The van der Waals surface area contributed by atoms with Crippen LogP contribution < -0.4 is 5.56 Å². The Bertz CT molecular complexity index is 928. The lowest BCUT2D eigenvalue weighted by atomic mass is 10.2. The van der Waals surface area contributed by atoms with Gasteiger partial charge in [0.05, 0.1) is 11.3 Å². The standard InChI is InChI=1S/C15H11N5O3/c21-14-13(12(18-20-14)9-5-7-16-8-6-9)19-17-11-4-2-1-3-10(11)15(22)23/h1-8H,(H,22,23)(H2,18,20,21). The van der Waals surface area contributed by atoms with E-state index in [1.165, 1.54) is 12.1 Å². The second-order valence-corrected chi connectivity index (χ2v) is 4.56. The summed E-state index contributed by atoms with van der Waals surface area (Å²) in [7, 11) is 0. The van der Waals surface area contributed by atoms with E-state index in [-0.39, 0.29) is 16.9 Å². The first-order chi connectivity index (χ1) is 11.2. The van der Waals surface area contributed by atoms with Crippen molar-refractivity contribution in [2.45, 2.75) is 0 Å². The number of rotatable bonds is 4. The van der Waals surface area contributed by atoms with E-state index in [1.54, 1.807) is 36.7 Å². The SMILES string of the molecule is O=C(O)c1ccccc1N=Nc1c(-c2ccncc2)[nH][nH]c1=O. The van der Waals surface area contributed by atoms with Gasteiger partial charge in [-0.05, 0) is 24.3 Å². The number of nitrogens with one attached hydrogen (secondary N) is 2. The molecular formula is C15H11N5O3. The molecule has 0 aliphatic rings. The summed E-state index contributed by atoms with van der Waals surface area (Å²) >= 11 is 0. The van der Waals surface area contributed by atoms with Crippen molar-refractivity contribution in [1.82, 2.24) is 15.2 Å². The summed E-state index contributed by atoms with van der Waals surface area (Å²) in [6.07, 6.45) is 3.17. The second-order valence-electron chi connectivity index (χ2n) is 4.56. The molecule has 0 saturated carbocycles. The fourth-order valence-electron chi connectivity index (χ4n) is 2.02. The van der Waals surface area contributed by atoms with Gasteiger partial charge >= 0.3 is 5.97 Å². The van der Waals surface area contributed by atoms with Crippen molar-refractivity contribution in [3.8, 4) is 11.3 Å². The van der Waals surface area contributed by atoms with Gasteiger partial charge in [0.1, 0.15) is 5.69 Å². The topological polar surface area (TPSA) is 124 Å². The number of carboxylic acids is 1. The van der Waals surface area contributed by atoms with Gasteiger partial charge in [-0.1, -0.05) is 12.1 Å². The molecule has 23 heavy (non-hydrogen) atoms. The first-order valence-electron chi connectivity index (χ1n) is 6.62. The Hall–Kier alpha value is -3.55. The molecule has 0 aliphatic heterocycles. The Morgan fingerprint density at radius 3 is 2.52 bits per heavy atom. The summed E-state index contributed by atoms with van der Waals surface area (Å²) in [5, 5.41) is 22.1. The van der Waals surface area contributed by atoms with Crippen LogP contribution in [0.5, 0.6) is 0 Å². The number of hydrogen-bond acceptors (Lipinski definition) is 5. The normalized spacial score (nSPS) is 11.0. The van der Waals surface area contributed by atoms with Gasteiger partial charge in [-0.15, -0.1) is 10.2 Å². The molecule has 0 bridgehead atoms. The molecule has 0 aliphatic carbocycles. The van der Waals surface area contributed by atoms with Crippen LogP contribution in [-0.2, 0) is 0 Å². The quantitative estimate of drug-likeness (QED) is 0.641. The van der Waals surface area contributed by atoms with E-state index in [0.717, 1.165) is 0 Å². The van der Waals surface area contributed by atoms with Crippen LogP contribution in [-0.4, -0.2) is 26.3 Å². The summed E-state index contributed by atoms with van der Waals surface area (Å²) < 4.78 is 0. The maximum absolute atomic E-state index is 11.9. The van der Waals surface area contributed by atoms with Gasteiger partial charge in [0, 0.05) is 18.0 Å². The minimum Gasteiger partial charge on any atom is -0.478 e. The Balaban J connectivity index is 2.04. The molecule has 8 heteroatoms. The molecule has 1 aromatic carbocycles. The number of hydrogen-bond donors (Lipinski definition) is 3. The smallest absolute Gasteiger partial charge is 0.337 e. The lowest BCUT2D eigenvalue weighted by Crippen LogP contribution is -1.97. The molecule has 2 heterocycles. The third-order valence-corrected chi connectivity index (χ3v) is 3.11. The number of aromatic nitrogens is 3. The minimum absolute atomic E-state index is 0.00803. The first-order valence-corrected chi connectivity index (χ1v) is 6.62. The number of nitrogens with zero attached hydrogens (tertiary/aromatic N) is 3. The Labute approximate surface area is 129 Å². The highest BCUT2D eigenvalue weighted by Gasteiger charge is 2.13. The highest BCUT2D eigenvalue weighted by Crippen LogP contribution is 2.27. The van der Waals surface area contributed by atoms with E-state index in [1.807, 2.05) is 0 Å².